The summed E-state index contributed by atoms with van der Waals surface area (Å²) in [4.78, 5) is 6.40. The van der Waals surface area contributed by atoms with Crippen LogP contribution in [0.15, 0.2) is 29.3 Å². The first-order valence-corrected chi connectivity index (χ1v) is 7.92. The summed E-state index contributed by atoms with van der Waals surface area (Å²) in [5, 5.41) is 4.71. The van der Waals surface area contributed by atoms with E-state index in [1.54, 1.807) is 7.05 Å². The highest BCUT2D eigenvalue weighted by Gasteiger charge is 2.08. The zero-order chi connectivity index (χ0) is 14.3. The Hall–Kier alpha value is -0.870. The molecule has 0 bridgehead atoms. The van der Waals surface area contributed by atoms with Crippen LogP contribution < -0.4 is 5.32 Å². The van der Waals surface area contributed by atoms with Gasteiger partial charge in [-0.1, -0.05) is 30.7 Å². The lowest BCUT2D eigenvalue weighted by atomic mass is 10.2. The Morgan fingerprint density at radius 1 is 1.53 bits per heavy atom. The van der Waals surface area contributed by atoms with Crippen molar-refractivity contribution in [2.75, 3.05) is 26.9 Å². The molecule has 0 heterocycles. The molecule has 0 aromatic heterocycles. The fraction of sp³-hybridized carbons (Fsp3) is 0.500. The molecule has 19 heavy (non-hydrogen) atoms. The number of nitrogens with zero attached hydrogens (tertiary/aromatic N) is 2. The van der Waals surface area contributed by atoms with Gasteiger partial charge in [-0.15, -0.1) is 0 Å². The molecule has 0 fully saturated rings. The van der Waals surface area contributed by atoms with E-state index in [1.807, 2.05) is 37.0 Å². The van der Waals surface area contributed by atoms with Gasteiger partial charge in [-0.25, -0.2) is 0 Å². The van der Waals surface area contributed by atoms with Crippen LogP contribution in [0.25, 0.3) is 0 Å². The van der Waals surface area contributed by atoms with E-state index in [9.17, 15) is 0 Å². The average Bonchev–Trinajstić information content (AvgIpc) is 2.39. The lowest BCUT2D eigenvalue weighted by Gasteiger charge is -2.23. The summed E-state index contributed by atoms with van der Waals surface area (Å²) in [6, 6.07) is 7.91. The molecule has 1 unspecified atom stereocenters. The van der Waals surface area contributed by atoms with Gasteiger partial charge in [-0.2, -0.15) is 11.8 Å². The minimum Gasteiger partial charge on any atom is -0.355 e. The van der Waals surface area contributed by atoms with Crippen molar-refractivity contribution in [3.05, 3.63) is 34.9 Å². The molecule has 1 N–H and O–H groups in total. The average molecular weight is 300 g/mol. The van der Waals surface area contributed by atoms with E-state index < -0.39 is 0 Å². The maximum absolute atomic E-state index is 6.00. The van der Waals surface area contributed by atoms with Crippen LogP contribution in [0.3, 0.4) is 0 Å². The molecular formula is C14H22ClN3S. The van der Waals surface area contributed by atoms with E-state index in [0.717, 1.165) is 24.1 Å². The highest BCUT2D eigenvalue weighted by molar-refractivity contribution is 7.99. The van der Waals surface area contributed by atoms with Gasteiger partial charge in [0.15, 0.2) is 5.96 Å². The molecule has 1 aromatic carbocycles. The van der Waals surface area contributed by atoms with Crippen LogP contribution in [0.5, 0.6) is 0 Å². The molecule has 0 amide bonds. The van der Waals surface area contributed by atoms with Crippen LogP contribution in [0.4, 0.5) is 0 Å². The third-order valence-corrected chi connectivity index (χ3v) is 4.04. The Balaban J connectivity index is 2.57. The van der Waals surface area contributed by atoms with Crippen molar-refractivity contribution < 1.29 is 0 Å². The number of nitrogens with one attached hydrogen (secondary N) is 1. The van der Waals surface area contributed by atoms with Gasteiger partial charge in [0.2, 0.25) is 0 Å². The molecule has 0 aliphatic rings. The third-order valence-electron chi connectivity index (χ3n) is 2.83. The number of hydrogen-bond donors (Lipinski definition) is 1. The molecule has 0 radical (unpaired) electrons. The number of thioether (sulfide) groups is 1. The number of benzene rings is 1. The van der Waals surface area contributed by atoms with Crippen LogP contribution in [0.1, 0.15) is 12.5 Å². The Bertz CT molecular complexity index is 423. The number of aliphatic imine (C=N–C) groups is 1. The van der Waals surface area contributed by atoms with Crippen LogP contribution >= 0.6 is 23.4 Å². The lowest BCUT2D eigenvalue weighted by Crippen LogP contribution is -2.40. The van der Waals surface area contributed by atoms with E-state index in [2.05, 4.69) is 34.5 Å². The molecule has 0 saturated carbocycles. The van der Waals surface area contributed by atoms with Crippen molar-refractivity contribution in [2.24, 2.45) is 4.99 Å². The fourth-order valence-corrected chi connectivity index (χ4v) is 2.15. The molecule has 1 aromatic rings. The smallest absolute Gasteiger partial charge is 0.193 e. The van der Waals surface area contributed by atoms with E-state index in [-0.39, 0.29) is 0 Å². The largest absolute Gasteiger partial charge is 0.355 e. The molecule has 0 aliphatic heterocycles. The molecular weight excluding hydrogens is 278 g/mol. The first kappa shape index (κ1) is 16.2. The Morgan fingerprint density at radius 2 is 2.26 bits per heavy atom. The quantitative estimate of drug-likeness (QED) is 0.669. The number of halogens is 1. The monoisotopic (exact) mass is 299 g/mol. The topological polar surface area (TPSA) is 27.6 Å². The summed E-state index contributed by atoms with van der Waals surface area (Å²) in [7, 11) is 3.83. The second-order valence-corrected chi connectivity index (χ2v) is 6.17. The Morgan fingerprint density at radius 3 is 2.84 bits per heavy atom. The van der Waals surface area contributed by atoms with Gasteiger partial charge in [-0.05, 0) is 24.0 Å². The number of hydrogen-bond acceptors (Lipinski definition) is 2. The predicted molar refractivity (Wildman–Crippen MR) is 87.3 cm³/mol. The molecule has 5 heteroatoms. The van der Waals surface area contributed by atoms with E-state index >= 15 is 0 Å². The van der Waals surface area contributed by atoms with Crippen LogP contribution in [0, 0.1) is 0 Å². The summed E-state index contributed by atoms with van der Waals surface area (Å²) in [5.41, 5.74) is 1.18. The van der Waals surface area contributed by atoms with Crippen molar-refractivity contribution >= 4 is 29.3 Å². The molecule has 0 aliphatic carbocycles. The SMILES string of the molecule is CN=C(NCC(C)SC)N(C)Cc1cccc(Cl)c1. The van der Waals surface area contributed by atoms with E-state index in [1.165, 1.54) is 5.56 Å². The van der Waals surface area contributed by atoms with Crippen LogP contribution in [-0.2, 0) is 6.54 Å². The predicted octanol–water partition coefficient (Wildman–Crippen LogP) is 3.10. The van der Waals surface area contributed by atoms with Crippen molar-refractivity contribution in [2.45, 2.75) is 18.7 Å². The van der Waals surface area contributed by atoms with Crippen molar-refractivity contribution in [3.63, 3.8) is 0 Å². The van der Waals surface area contributed by atoms with Crippen LogP contribution in [0.2, 0.25) is 5.02 Å². The second kappa shape index (κ2) is 8.33. The summed E-state index contributed by atoms with van der Waals surface area (Å²) < 4.78 is 0. The molecule has 3 nitrogen and oxygen atoms in total. The lowest BCUT2D eigenvalue weighted by molar-refractivity contribution is 0.477. The first-order chi connectivity index (χ1) is 9.06. The Kier molecular flexibility index (Phi) is 7.10. The fourth-order valence-electron chi connectivity index (χ4n) is 1.69. The van der Waals surface area contributed by atoms with Gasteiger partial charge >= 0.3 is 0 Å². The summed E-state index contributed by atoms with van der Waals surface area (Å²) in [5.74, 6) is 0.904. The molecule has 1 rings (SSSR count). The van der Waals surface area contributed by atoms with Crippen molar-refractivity contribution in [3.8, 4) is 0 Å². The zero-order valence-electron chi connectivity index (χ0n) is 12.0. The minimum absolute atomic E-state index is 0.566. The minimum atomic E-state index is 0.566. The maximum atomic E-state index is 6.00. The van der Waals surface area contributed by atoms with Gasteiger partial charge < -0.3 is 10.2 Å². The molecule has 0 spiro atoms. The van der Waals surface area contributed by atoms with Crippen LogP contribution in [-0.4, -0.2) is 43.0 Å². The van der Waals surface area contributed by atoms with Crippen molar-refractivity contribution in [1.82, 2.24) is 10.2 Å². The first-order valence-electron chi connectivity index (χ1n) is 6.25. The van der Waals surface area contributed by atoms with Gasteiger partial charge in [0.05, 0.1) is 0 Å². The standard InChI is InChI=1S/C14H22ClN3S/c1-11(19-4)9-17-14(16-2)18(3)10-12-6-5-7-13(15)8-12/h5-8,11H,9-10H2,1-4H3,(H,16,17). The second-order valence-electron chi connectivity index (χ2n) is 4.46. The maximum Gasteiger partial charge on any atom is 0.193 e. The van der Waals surface area contributed by atoms with Gasteiger partial charge in [0.1, 0.15) is 0 Å². The normalized spacial score (nSPS) is 13.2. The van der Waals surface area contributed by atoms with Gasteiger partial charge in [0, 0.05) is 37.5 Å². The Labute approximate surface area is 125 Å². The summed E-state index contributed by atoms with van der Waals surface area (Å²) in [6.45, 7) is 3.89. The van der Waals surface area contributed by atoms with Gasteiger partial charge in [0.25, 0.3) is 0 Å². The van der Waals surface area contributed by atoms with E-state index in [0.29, 0.717) is 5.25 Å². The zero-order valence-corrected chi connectivity index (χ0v) is 13.6. The number of guanidine groups is 1. The van der Waals surface area contributed by atoms with Crippen molar-refractivity contribution in [1.29, 1.82) is 0 Å². The highest BCUT2D eigenvalue weighted by atomic mass is 35.5. The molecule has 0 saturated heterocycles. The number of rotatable bonds is 5. The van der Waals surface area contributed by atoms with Gasteiger partial charge in [-0.3, -0.25) is 4.99 Å². The third kappa shape index (κ3) is 5.74. The molecule has 1 atom stereocenters. The molecule has 106 valence electrons. The summed E-state index contributed by atoms with van der Waals surface area (Å²) >= 11 is 7.84. The van der Waals surface area contributed by atoms with E-state index in [4.69, 9.17) is 11.6 Å². The summed E-state index contributed by atoms with van der Waals surface area (Å²) in [6.07, 6.45) is 2.12. The highest BCUT2D eigenvalue weighted by Crippen LogP contribution is 2.12.